The molecule has 0 aromatic carbocycles. The zero-order valence-electron chi connectivity index (χ0n) is 9.38. The molecule has 0 saturated heterocycles. The highest BCUT2D eigenvalue weighted by molar-refractivity contribution is 7.16. The van der Waals surface area contributed by atoms with Crippen molar-refractivity contribution in [3.05, 3.63) is 46.3 Å². The van der Waals surface area contributed by atoms with Crippen LogP contribution in [0.25, 0.3) is 15.7 Å². The summed E-state index contributed by atoms with van der Waals surface area (Å²) in [6.45, 7) is 5.98. The van der Waals surface area contributed by atoms with Crippen LogP contribution in [-0.4, -0.2) is 14.2 Å². The number of fused-ring (bicyclic) bond motifs is 3. The third kappa shape index (κ3) is 1.36. The molecule has 0 aliphatic rings. The minimum Gasteiger partial charge on any atom is -0.282 e. The van der Waals surface area contributed by atoms with Gasteiger partial charge in [-0.3, -0.25) is 9.20 Å². The van der Waals surface area contributed by atoms with Crippen LogP contribution in [0.2, 0.25) is 0 Å². The molecular formula is C12H11N3OS. The lowest BCUT2D eigenvalue weighted by Crippen LogP contribution is -2.25. The number of aromatic nitrogens is 3. The summed E-state index contributed by atoms with van der Waals surface area (Å²) in [6.07, 6.45) is 1.68. The summed E-state index contributed by atoms with van der Waals surface area (Å²) in [6, 6.07) is 3.94. The van der Waals surface area contributed by atoms with E-state index in [0.717, 1.165) is 16.0 Å². The Hall–Kier alpha value is -1.88. The molecule has 0 N–H and O–H groups in total. The standard InChI is InChI=1S/C12H11N3OS/c1-3-5-14-11(16)10-7-9-4-6-17-12(9)15(10)8(2)13-14/h3-4,6-7H,1,5H2,2H3. The van der Waals surface area contributed by atoms with Gasteiger partial charge in [0.15, 0.2) is 0 Å². The van der Waals surface area contributed by atoms with Crippen molar-refractivity contribution in [2.24, 2.45) is 0 Å². The van der Waals surface area contributed by atoms with Gasteiger partial charge in [0.05, 0.1) is 6.54 Å². The van der Waals surface area contributed by atoms with Crippen molar-refractivity contribution in [3.63, 3.8) is 0 Å². The van der Waals surface area contributed by atoms with E-state index in [1.165, 1.54) is 4.68 Å². The Bertz CT molecular complexity index is 778. The quantitative estimate of drug-likeness (QED) is 0.649. The summed E-state index contributed by atoms with van der Waals surface area (Å²) in [5, 5.41) is 7.41. The van der Waals surface area contributed by atoms with Crippen LogP contribution in [0.5, 0.6) is 0 Å². The molecule has 0 unspecified atom stereocenters. The minimum atomic E-state index is -0.0705. The van der Waals surface area contributed by atoms with Gasteiger partial charge in [0, 0.05) is 5.39 Å². The molecule has 0 spiro atoms. The highest BCUT2D eigenvalue weighted by atomic mass is 32.1. The Balaban J connectivity index is 2.50. The number of hydrogen-bond donors (Lipinski definition) is 0. The van der Waals surface area contributed by atoms with E-state index in [9.17, 15) is 4.79 Å². The molecule has 0 aliphatic heterocycles. The first-order chi connectivity index (χ1) is 8.22. The van der Waals surface area contributed by atoms with Crippen LogP contribution in [0.3, 0.4) is 0 Å². The molecule has 0 atom stereocenters. The maximum absolute atomic E-state index is 12.2. The summed E-state index contributed by atoms with van der Waals surface area (Å²) in [5.74, 6) is 0.818. The van der Waals surface area contributed by atoms with Gasteiger partial charge < -0.3 is 0 Å². The van der Waals surface area contributed by atoms with E-state index in [2.05, 4.69) is 11.7 Å². The monoisotopic (exact) mass is 245 g/mol. The predicted octanol–water partition coefficient (Wildman–Crippen LogP) is 2.21. The molecule has 3 heterocycles. The molecule has 86 valence electrons. The predicted molar refractivity (Wildman–Crippen MR) is 69.8 cm³/mol. The van der Waals surface area contributed by atoms with E-state index >= 15 is 0 Å². The van der Waals surface area contributed by atoms with Gasteiger partial charge in [-0.05, 0) is 24.4 Å². The van der Waals surface area contributed by atoms with Crippen molar-refractivity contribution in [1.82, 2.24) is 14.2 Å². The van der Waals surface area contributed by atoms with Crippen molar-refractivity contribution in [2.75, 3.05) is 0 Å². The molecule has 0 amide bonds. The lowest BCUT2D eigenvalue weighted by Gasteiger charge is -2.05. The average molecular weight is 245 g/mol. The number of allylic oxidation sites excluding steroid dienone is 1. The first-order valence-electron chi connectivity index (χ1n) is 5.29. The molecule has 0 radical (unpaired) electrons. The number of nitrogens with zero attached hydrogens (tertiary/aromatic N) is 3. The Labute approximate surface area is 101 Å². The fourth-order valence-corrected chi connectivity index (χ4v) is 2.99. The van der Waals surface area contributed by atoms with Crippen molar-refractivity contribution in [2.45, 2.75) is 13.5 Å². The largest absolute Gasteiger partial charge is 0.291 e. The molecule has 3 aromatic rings. The Morgan fingerprint density at radius 2 is 2.41 bits per heavy atom. The third-order valence-corrected chi connectivity index (χ3v) is 3.67. The fraction of sp³-hybridized carbons (Fsp3) is 0.167. The van der Waals surface area contributed by atoms with E-state index in [1.807, 2.05) is 28.8 Å². The minimum absolute atomic E-state index is 0.0705. The van der Waals surface area contributed by atoms with Gasteiger partial charge in [-0.2, -0.15) is 5.10 Å². The van der Waals surface area contributed by atoms with Gasteiger partial charge in [0.2, 0.25) is 0 Å². The van der Waals surface area contributed by atoms with Crippen LogP contribution < -0.4 is 5.56 Å². The van der Waals surface area contributed by atoms with Crippen molar-refractivity contribution >= 4 is 27.1 Å². The molecular weight excluding hydrogens is 234 g/mol. The summed E-state index contributed by atoms with van der Waals surface area (Å²) < 4.78 is 3.36. The first-order valence-corrected chi connectivity index (χ1v) is 6.17. The molecule has 0 aliphatic carbocycles. The van der Waals surface area contributed by atoms with E-state index in [1.54, 1.807) is 17.4 Å². The Morgan fingerprint density at radius 3 is 3.18 bits per heavy atom. The summed E-state index contributed by atoms with van der Waals surface area (Å²) in [7, 11) is 0. The number of aryl methyl sites for hydroxylation is 1. The Kier molecular flexibility index (Phi) is 2.16. The van der Waals surface area contributed by atoms with E-state index in [0.29, 0.717) is 12.1 Å². The van der Waals surface area contributed by atoms with Gasteiger partial charge in [0.25, 0.3) is 5.56 Å². The van der Waals surface area contributed by atoms with Gasteiger partial charge in [-0.15, -0.1) is 17.9 Å². The molecule has 17 heavy (non-hydrogen) atoms. The van der Waals surface area contributed by atoms with E-state index in [4.69, 9.17) is 0 Å². The van der Waals surface area contributed by atoms with Crippen LogP contribution >= 0.6 is 11.3 Å². The van der Waals surface area contributed by atoms with Crippen molar-refractivity contribution in [3.8, 4) is 0 Å². The zero-order valence-corrected chi connectivity index (χ0v) is 10.2. The van der Waals surface area contributed by atoms with Crippen LogP contribution in [-0.2, 0) is 6.54 Å². The summed E-state index contributed by atoms with van der Waals surface area (Å²) >= 11 is 1.62. The smallest absolute Gasteiger partial charge is 0.282 e. The van der Waals surface area contributed by atoms with Crippen LogP contribution in [0.15, 0.2) is 35.0 Å². The second-order valence-corrected chi connectivity index (χ2v) is 4.76. The highest BCUT2D eigenvalue weighted by Crippen LogP contribution is 2.24. The van der Waals surface area contributed by atoms with Crippen LogP contribution in [0, 0.1) is 6.92 Å². The van der Waals surface area contributed by atoms with E-state index in [-0.39, 0.29) is 5.56 Å². The molecule has 5 heteroatoms. The lowest BCUT2D eigenvalue weighted by molar-refractivity contribution is 0.626. The first kappa shape index (κ1) is 10.3. The summed E-state index contributed by atoms with van der Waals surface area (Å²) in [4.78, 5) is 13.3. The molecule has 0 fully saturated rings. The van der Waals surface area contributed by atoms with E-state index < -0.39 is 0 Å². The number of hydrogen-bond acceptors (Lipinski definition) is 3. The topological polar surface area (TPSA) is 39.3 Å². The fourth-order valence-electron chi connectivity index (χ4n) is 2.05. The average Bonchev–Trinajstić information content (AvgIpc) is 2.84. The Morgan fingerprint density at radius 1 is 1.59 bits per heavy atom. The second kappa shape index (κ2) is 3.56. The van der Waals surface area contributed by atoms with Crippen LogP contribution in [0.4, 0.5) is 0 Å². The molecule has 4 nitrogen and oxygen atoms in total. The summed E-state index contributed by atoms with van der Waals surface area (Å²) in [5.41, 5.74) is 0.611. The molecule has 0 saturated carbocycles. The normalized spacial score (nSPS) is 11.4. The third-order valence-electron chi connectivity index (χ3n) is 2.76. The number of thiophene rings is 1. The van der Waals surface area contributed by atoms with Crippen LogP contribution in [0.1, 0.15) is 5.82 Å². The molecule has 3 aromatic heterocycles. The van der Waals surface area contributed by atoms with Gasteiger partial charge in [-0.25, -0.2) is 4.68 Å². The van der Waals surface area contributed by atoms with Gasteiger partial charge >= 0.3 is 0 Å². The zero-order chi connectivity index (χ0) is 12.0. The lowest BCUT2D eigenvalue weighted by atomic mass is 10.4. The number of rotatable bonds is 2. The molecule has 3 rings (SSSR count). The highest BCUT2D eigenvalue weighted by Gasteiger charge is 2.11. The molecule has 0 bridgehead atoms. The SMILES string of the molecule is C=CCn1nc(C)n2c(cc3ccsc32)c1=O. The van der Waals surface area contributed by atoms with Crippen molar-refractivity contribution < 1.29 is 0 Å². The maximum atomic E-state index is 12.2. The van der Waals surface area contributed by atoms with Gasteiger partial charge in [-0.1, -0.05) is 6.08 Å². The van der Waals surface area contributed by atoms with Crippen molar-refractivity contribution in [1.29, 1.82) is 0 Å². The second-order valence-electron chi connectivity index (χ2n) is 3.87. The maximum Gasteiger partial charge on any atom is 0.291 e. The van der Waals surface area contributed by atoms with Gasteiger partial charge in [0.1, 0.15) is 16.2 Å².